The van der Waals surface area contributed by atoms with Crippen LogP contribution in [0.2, 0.25) is 22.5 Å². The van der Waals surface area contributed by atoms with Gasteiger partial charge in [-0.25, -0.2) is 0 Å². The zero-order chi connectivity index (χ0) is 25.6. The Morgan fingerprint density at radius 2 is 1.69 bits per heavy atom. The predicted molar refractivity (Wildman–Crippen MR) is 148 cm³/mol. The maximum absolute atomic E-state index is 12.9. The van der Waals surface area contributed by atoms with E-state index in [2.05, 4.69) is 54.8 Å². The van der Waals surface area contributed by atoms with Crippen molar-refractivity contribution < 1.29 is 14.0 Å². The molecule has 2 heterocycles. The largest absolute Gasteiger partial charge is 0.415 e. The van der Waals surface area contributed by atoms with Gasteiger partial charge in [-0.05, 0) is 60.6 Å². The first-order valence-electron chi connectivity index (χ1n) is 11.3. The van der Waals surface area contributed by atoms with Crippen LogP contribution < -0.4 is 16.0 Å². The molecule has 0 fully saturated rings. The van der Waals surface area contributed by atoms with E-state index in [-0.39, 0.29) is 16.9 Å². The fourth-order valence-electron chi connectivity index (χ4n) is 2.90. The van der Waals surface area contributed by atoms with Crippen LogP contribution in [0.5, 0.6) is 0 Å². The second-order valence-electron chi connectivity index (χ2n) is 9.55. The molecule has 186 valence electrons. The highest BCUT2D eigenvalue weighted by Crippen LogP contribution is 2.36. The number of amides is 2. The van der Waals surface area contributed by atoms with Gasteiger partial charge in [0.15, 0.2) is 8.32 Å². The Kier molecular flexibility index (Phi) is 8.71. The fraction of sp³-hybridized carbons (Fsp3) is 0.320. The highest BCUT2D eigenvalue weighted by Gasteiger charge is 2.36. The molecule has 0 atom stereocenters. The van der Waals surface area contributed by atoms with Crippen LogP contribution in [0.1, 0.15) is 40.8 Å². The number of rotatable bonds is 9. The van der Waals surface area contributed by atoms with Crippen molar-refractivity contribution in [3.05, 3.63) is 69.6 Å². The van der Waals surface area contributed by atoms with Gasteiger partial charge in [-0.15, -0.1) is 11.3 Å². The summed E-state index contributed by atoms with van der Waals surface area (Å²) < 4.78 is 6.70. The molecule has 0 aliphatic heterocycles. The molecule has 7 nitrogen and oxygen atoms in total. The number of benzene rings is 1. The lowest BCUT2D eigenvalue weighted by atomic mass is 10.2. The first-order valence-corrected chi connectivity index (χ1v) is 15.4. The number of carbonyl (C=O) groups excluding carboxylic acids is 2. The van der Waals surface area contributed by atoms with E-state index in [0.29, 0.717) is 39.3 Å². The van der Waals surface area contributed by atoms with Crippen molar-refractivity contribution >= 4 is 60.1 Å². The number of aromatic nitrogens is 1. The highest BCUT2D eigenvalue weighted by molar-refractivity contribution is 7.18. The number of carbonyl (C=O) groups is 2. The van der Waals surface area contributed by atoms with Gasteiger partial charge in [0.1, 0.15) is 0 Å². The molecule has 1 aromatic carbocycles. The van der Waals surface area contributed by atoms with E-state index >= 15 is 0 Å². The van der Waals surface area contributed by atoms with E-state index in [9.17, 15) is 9.59 Å². The summed E-state index contributed by atoms with van der Waals surface area (Å²) in [5.41, 5.74) is 2.20. The van der Waals surface area contributed by atoms with Gasteiger partial charge in [-0.3, -0.25) is 14.6 Å². The van der Waals surface area contributed by atoms with Crippen molar-refractivity contribution in [2.45, 2.75) is 38.9 Å². The van der Waals surface area contributed by atoms with Crippen molar-refractivity contribution in [1.29, 1.82) is 0 Å². The summed E-state index contributed by atoms with van der Waals surface area (Å²) in [4.78, 5) is 29.8. The predicted octanol–water partition coefficient (Wildman–Crippen LogP) is 6.73. The molecule has 35 heavy (non-hydrogen) atoms. The van der Waals surface area contributed by atoms with E-state index < -0.39 is 8.32 Å². The number of nitrogens with zero attached hydrogens (tertiary/aromatic N) is 1. The average Bonchev–Trinajstić information content (AvgIpc) is 3.24. The standard InChI is InChI=1S/C25H31ClN4O3SSi/c1-25(2,3)35(4,5)33-15-14-28-17-6-8-18(9-7-17)29-23(31)19-12-13-27-16-20(19)30-24(32)21-10-11-22(26)34-21/h6-13,16,28H,14-15H2,1-5H3,(H,29,31)(H,30,32). The lowest BCUT2D eigenvalue weighted by molar-refractivity contribution is 0.102. The minimum atomic E-state index is -1.76. The van der Waals surface area contributed by atoms with Crippen molar-refractivity contribution in [1.82, 2.24) is 4.98 Å². The molecule has 3 N–H and O–H groups in total. The van der Waals surface area contributed by atoms with Crippen molar-refractivity contribution in [2.24, 2.45) is 0 Å². The molecule has 0 spiro atoms. The van der Waals surface area contributed by atoms with Gasteiger partial charge < -0.3 is 20.4 Å². The average molecular weight is 531 g/mol. The molecule has 2 aromatic heterocycles. The van der Waals surface area contributed by atoms with Crippen LogP contribution in [0.3, 0.4) is 0 Å². The lowest BCUT2D eigenvalue weighted by Crippen LogP contribution is -2.41. The summed E-state index contributed by atoms with van der Waals surface area (Å²) in [6.07, 6.45) is 2.95. The van der Waals surface area contributed by atoms with E-state index in [1.807, 2.05) is 24.3 Å². The first-order chi connectivity index (χ1) is 16.5. The SMILES string of the molecule is CC(C)(C)[Si](C)(C)OCCNc1ccc(NC(=O)c2ccncc2NC(=O)c2ccc(Cl)s2)cc1. The minimum Gasteiger partial charge on any atom is -0.415 e. The monoisotopic (exact) mass is 530 g/mol. The summed E-state index contributed by atoms with van der Waals surface area (Å²) in [7, 11) is -1.76. The summed E-state index contributed by atoms with van der Waals surface area (Å²) in [5, 5.41) is 9.13. The Bertz CT molecular complexity index is 1180. The summed E-state index contributed by atoms with van der Waals surface area (Å²) in [6, 6.07) is 12.3. The third-order valence-electron chi connectivity index (χ3n) is 5.95. The van der Waals surface area contributed by atoms with Gasteiger partial charge in [0.05, 0.1) is 33.3 Å². The molecule has 0 saturated carbocycles. The number of nitrogens with one attached hydrogen (secondary N) is 3. The molecular weight excluding hydrogens is 500 g/mol. The fourth-order valence-corrected chi connectivity index (χ4v) is 4.88. The van der Waals surface area contributed by atoms with Crippen molar-refractivity contribution in [3.8, 4) is 0 Å². The molecule has 0 saturated heterocycles. The molecule has 0 aliphatic rings. The Hall–Kier alpha value is -2.72. The number of halogens is 1. The Morgan fingerprint density at radius 1 is 1.00 bits per heavy atom. The summed E-state index contributed by atoms with van der Waals surface area (Å²) in [6.45, 7) is 12.5. The van der Waals surface area contributed by atoms with Crippen LogP contribution in [0, 0.1) is 0 Å². The van der Waals surface area contributed by atoms with Crippen LogP contribution in [0.15, 0.2) is 54.9 Å². The number of anilines is 3. The third-order valence-corrected chi connectivity index (χ3v) is 11.7. The number of hydrogen-bond donors (Lipinski definition) is 3. The number of hydrogen-bond acceptors (Lipinski definition) is 6. The maximum atomic E-state index is 12.9. The molecule has 0 aliphatic carbocycles. The normalized spacial score (nSPS) is 11.7. The second kappa shape index (κ2) is 11.3. The minimum absolute atomic E-state index is 0.183. The van der Waals surface area contributed by atoms with Gasteiger partial charge in [0.2, 0.25) is 0 Å². The van der Waals surface area contributed by atoms with Crippen molar-refractivity contribution in [3.63, 3.8) is 0 Å². The lowest BCUT2D eigenvalue weighted by Gasteiger charge is -2.36. The van der Waals surface area contributed by atoms with Crippen LogP contribution in [-0.4, -0.2) is 38.3 Å². The first kappa shape index (κ1) is 26.9. The number of pyridine rings is 1. The molecule has 2 amide bonds. The molecule has 0 unspecified atom stereocenters. The van der Waals surface area contributed by atoms with Gasteiger partial charge in [-0.1, -0.05) is 32.4 Å². The van der Waals surface area contributed by atoms with Crippen LogP contribution in [0.25, 0.3) is 0 Å². The molecular formula is C25H31ClN4O3SSi. The zero-order valence-corrected chi connectivity index (χ0v) is 23.1. The van der Waals surface area contributed by atoms with Crippen LogP contribution in [0.4, 0.5) is 17.1 Å². The van der Waals surface area contributed by atoms with Gasteiger partial charge >= 0.3 is 0 Å². The Morgan fingerprint density at radius 3 is 2.31 bits per heavy atom. The van der Waals surface area contributed by atoms with E-state index in [0.717, 1.165) is 17.0 Å². The van der Waals surface area contributed by atoms with Gasteiger partial charge in [-0.2, -0.15) is 0 Å². The Balaban J connectivity index is 1.56. The van der Waals surface area contributed by atoms with Crippen molar-refractivity contribution in [2.75, 3.05) is 29.1 Å². The van der Waals surface area contributed by atoms with E-state index in [1.165, 1.54) is 12.4 Å². The molecule has 3 aromatic rings. The molecule has 0 radical (unpaired) electrons. The Labute approximate surface area is 216 Å². The summed E-state index contributed by atoms with van der Waals surface area (Å²) >= 11 is 7.08. The van der Waals surface area contributed by atoms with Gasteiger partial charge in [0, 0.05) is 24.1 Å². The van der Waals surface area contributed by atoms with Crippen LogP contribution >= 0.6 is 22.9 Å². The maximum Gasteiger partial charge on any atom is 0.265 e. The third kappa shape index (κ3) is 7.38. The summed E-state index contributed by atoms with van der Waals surface area (Å²) in [5.74, 6) is -0.702. The van der Waals surface area contributed by atoms with Gasteiger partial charge in [0.25, 0.3) is 11.8 Å². The quantitative estimate of drug-likeness (QED) is 0.210. The van der Waals surface area contributed by atoms with E-state index in [4.69, 9.17) is 16.0 Å². The smallest absolute Gasteiger partial charge is 0.265 e. The molecule has 0 bridgehead atoms. The molecule has 3 rings (SSSR count). The molecule has 10 heteroatoms. The number of thiophene rings is 1. The highest BCUT2D eigenvalue weighted by atomic mass is 35.5. The zero-order valence-electron chi connectivity index (χ0n) is 20.6. The topological polar surface area (TPSA) is 92.3 Å². The van der Waals surface area contributed by atoms with Crippen LogP contribution in [-0.2, 0) is 4.43 Å². The van der Waals surface area contributed by atoms with E-state index in [1.54, 1.807) is 18.2 Å². The second-order valence-corrected chi connectivity index (χ2v) is 16.1.